The van der Waals surface area contributed by atoms with Crippen LogP contribution in [0.25, 0.3) is 0 Å². The van der Waals surface area contributed by atoms with Crippen LogP contribution in [-0.2, 0) is 14.8 Å². The van der Waals surface area contributed by atoms with Crippen molar-refractivity contribution in [1.29, 1.82) is 0 Å². The molecule has 0 bridgehead atoms. The fourth-order valence-corrected chi connectivity index (χ4v) is 6.00. The Morgan fingerprint density at radius 2 is 1.51 bits per heavy atom. The van der Waals surface area contributed by atoms with Crippen LogP contribution in [-0.4, -0.2) is 65.5 Å². The number of benzene rings is 2. The molecule has 1 fully saturated rings. The van der Waals surface area contributed by atoms with Gasteiger partial charge in [0.25, 0.3) is 0 Å². The molecule has 1 aliphatic heterocycles. The fourth-order valence-electron chi connectivity index (χ4n) is 4.27. The monoisotopic (exact) mass is 505 g/mol. The second kappa shape index (κ2) is 11.1. The number of hydrogen-bond donors (Lipinski definition) is 0. The molecule has 2 aromatic rings. The summed E-state index contributed by atoms with van der Waals surface area (Å²) < 4.78 is 48.7. The zero-order chi connectivity index (χ0) is 25.8. The molecule has 9 nitrogen and oxygen atoms in total. The van der Waals surface area contributed by atoms with E-state index in [2.05, 4.69) is 0 Å². The van der Waals surface area contributed by atoms with Crippen LogP contribution in [0.15, 0.2) is 41.3 Å². The Hall–Kier alpha value is -3.11. The quantitative estimate of drug-likeness (QED) is 0.377. The lowest BCUT2D eigenvalue weighted by Crippen LogP contribution is -2.42. The number of methoxy groups -OCH3 is 3. The Morgan fingerprint density at radius 1 is 0.914 bits per heavy atom. The fraction of sp³-hybridized carbons (Fsp3) is 0.440. The third-order valence-corrected chi connectivity index (χ3v) is 7.69. The minimum absolute atomic E-state index is 0.0178. The molecule has 2 atom stereocenters. The summed E-state index contributed by atoms with van der Waals surface area (Å²) in [4.78, 5) is 25.3. The minimum atomic E-state index is -3.76. The number of Topliss-reactive ketones (excluding diaryl/α,β-unsaturated/α-hetero) is 1. The highest BCUT2D eigenvalue weighted by Crippen LogP contribution is 2.38. The Bertz CT molecular complexity index is 1160. The summed E-state index contributed by atoms with van der Waals surface area (Å²) in [5.41, 5.74) is 0.249. The smallest absolute Gasteiger partial charge is 0.338 e. The molecule has 10 heteroatoms. The molecule has 35 heavy (non-hydrogen) atoms. The molecule has 0 saturated carbocycles. The third kappa shape index (κ3) is 5.94. The number of esters is 1. The number of hydrogen-bond acceptors (Lipinski definition) is 8. The van der Waals surface area contributed by atoms with Gasteiger partial charge in [0, 0.05) is 18.7 Å². The highest BCUT2D eigenvalue weighted by atomic mass is 32.2. The average molecular weight is 506 g/mol. The predicted octanol–water partition coefficient (Wildman–Crippen LogP) is 3.42. The SMILES string of the molecule is COc1cc(C(=O)COC(=O)c2cccc(S(=O)(=O)N3CC(C)CC(C)C3)c2)cc(OC)c1OC. The van der Waals surface area contributed by atoms with E-state index in [-0.39, 0.29) is 27.9 Å². The van der Waals surface area contributed by atoms with E-state index < -0.39 is 28.4 Å². The minimum Gasteiger partial charge on any atom is -0.493 e. The summed E-state index contributed by atoms with van der Waals surface area (Å²) in [6.07, 6.45) is 0.971. The van der Waals surface area contributed by atoms with Crippen molar-refractivity contribution in [1.82, 2.24) is 4.31 Å². The number of rotatable bonds is 9. The number of nitrogens with zero attached hydrogens (tertiary/aromatic N) is 1. The van der Waals surface area contributed by atoms with Crippen molar-refractivity contribution >= 4 is 21.8 Å². The van der Waals surface area contributed by atoms with Crippen molar-refractivity contribution in [3.63, 3.8) is 0 Å². The third-order valence-electron chi connectivity index (χ3n) is 5.86. The Balaban J connectivity index is 1.74. The van der Waals surface area contributed by atoms with Crippen LogP contribution < -0.4 is 14.2 Å². The van der Waals surface area contributed by atoms with Crippen LogP contribution in [0.2, 0.25) is 0 Å². The second-order valence-corrected chi connectivity index (χ2v) is 10.6. The summed E-state index contributed by atoms with van der Waals surface area (Å²) in [5.74, 6) is 0.132. The van der Waals surface area contributed by atoms with Crippen LogP contribution in [0, 0.1) is 11.8 Å². The predicted molar refractivity (Wildman–Crippen MR) is 129 cm³/mol. The molecular weight excluding hydrogens is 474 g/mol. The zero-order valence-electron chi connectivity index (χ0n) is 20.6. The first kappa shape index (κ1) is 26.5. The first-order valence-corrected chi connectivity index (χ1v) is 12.6. The number of piperidine rings is 1. The molecule has 0 aliphatic carbocycles. The highest BCUT2D eigenvalue weighted by molar-refractivity contribution is 7.89. The van der Waals surface area contributed by atoms with E-state index in [0.717, 1.165) is 6.42 Å². The van der Waals surface area contributed by atoms with Crippen LogP contribution in [0.3, 0.4) is 0 Å². The molecule has 1 aliphatic rings. The molecule has 190 valence electrons. The van der Waals surface area contributed by atoms with E-state index in [4.69, 9.17) is 18.9 Å². The lowest BCUT2D eigenvalue weighted by molar-refractivity contribution is 0.0474. The summed E-state index contributed by atoms with van der Waals surface area (Å²) in [6, 6.07) is 8.60. The van der Waals surface area contributed by atoms with E-state index in [1.165, 1.54) is 62.0 Å². The van der Waals surface area contributed by atoms with Gasteiger partial charge in [-0.05, 0) is 48.6 Å². The van der Waals surface area contributed by atoms with Gasteiger partial charge in [0.05, 0.1) is 31.8 Å². The number of ether oxygens (including phenoxy) is 4. The van der Waals surface area contributed by atoms with Crippen LogP contribution >= 0.6 is 0 Å². The molecule has 2 unspecified atom stereocenters. The van der Waals surface area contributed by atoms with Gasteiger partial charge in [0.2, 0.25) is 21.6 Å². The lowest BCUT2D eigenvalue weighted by Gasteiger charge is -2.34. The standard InChI is InChI=1S/C25H31NO8S/c1-16-9-17(2)14-26(13-16)35(29,30)20-8-6-7-18(10-20)25(28)34-15-21(27)19-11-22(31-3)24(33-5)23(12-19)32-4/h6-8,10-12,16-17H,9,13-15H2,1-5H3. The average Bonchev–Trinajstić information content (AvgIpc) is 2.85. The van der Waals surface area contributed by atoms with Crippen molar-refractivity contribution in [3.8, 4) is 17.2 Å². The highest BCUT2D eigenvalue weighted by Gasteiger charge is 2.32. The molecule has 0 N–H and O–H groups in total. The van der Waals surface area contributed by atoms with Crippen molar-refractivity contribution in [2.75, 3.05) is 41.0 Å². The van der Waals surface area contributed by atoms with Gasteiger partial charge in [0.1, 0.15) is 0 Å². The van der Waals surface area contributed by atoms with Gasteiger partial charge in [-0.3, -0.25) is 4.79 Å². The Kier molecular flexibility index (Phi) is 8.39. The number of sulfonamides is 1. The lowest BCUT2D eigenvalue weighted by atomic mass is 9.94. The van der Waals surface area contributed by atoms with Crippen molar-refractivity contribution in [2.45, 2.75) is 25.2 Å². The summed E-state index contributed by atoms with van der Waals surface area (Å²) >= 11 is 0. The maximum Gasteiger partial charge on any atom is 0.338 e. The van der Waals surface area contributed by atoms with Gasteiger partial charge in [-0.2, -0.15) is 4.31 Å². The van der Waals surface area contributed by atoms with Gasteiger partial charge in [-0.1, -0.05) is 19.9 Å². The molecule has 2 aromatic carbocycles. The Morgan fingerprint density at radius 3 is 2.06 bits per heavy atom. The van der Waals surface area contributed by atoms with E-state index in [1.807, 2.05) is 13.8 Å². The van der Waals surface area contributed by atoms with E-state index in [1.54, 1.807) is 0 Å². The molecule has 0 radical (unpaired) electrons. The van der Waals surface area contributed by atoms with Gasteiger partial charge in [-0.25, -0.2) is 13.2 Å². The van der Waals surface area contributed by atoms with Crippen LogP contribution in [0.4, 0.5) is 0 Å². The molecule has 1 heterocycles. The van der Waals surface area contributed by atoms with E-state index in [9.17, 15) is 18.0 Å². The van der Waals surface area contributed by atoms with Crippen LogP contribution in [0.5, 0.6) is 17.2 Å². The summed E-state index contributed by atoms with van der Waals surface area (Å²) in [7, 11) is 0.544. The largest absolute Gasteiger partial charge is 0.493 e. The van der Waals surface area contributed by atoms with Gasteiger partial charge >= 0.3 is 5.97 Å². The first-order valence-electron chi connectivity index (χ1n) is 11.2. The maximum atomic E-state index is 13.2. The molecule has 0 aromatic heterocycles. The maximum absolute atomic E-state index is 13.2. The van der Waals surface area contributed by atoms with Gasteiger partial charge < -0.3 is 18.9 Å². The van der Waals surface area contributed by atoms with Crippen molar-refractivity contribution in [3.05, 3.63) is 47.5 Å². The molecule has 1 saturated heterocycles. The van der Waals surface area contributed by atoms with Crippen molar-refractivity contribution in [2.24, 2.45) is 11.8 Å². The van der Waals surface area contributed by atoms with Gasteiger partial charge in [0.15, 0.2) is 18.1 Å². The zero-order valence-corrected chi connectivity index (χ0v) is 21.4. The Labute approximate surface area is 206 Å². The summed E-state index contributed by atoms with van der Waals surface area (Å²) in [6.45, 7) is 4.37. The molecule has 0 amide bonds. The number of carbonyl (C=O) groups is 2. The van der Waals surface area contributed by atoms with E-state index >= 15 is 0 Å². The number of ketones is 1. The number of carbonyl (C=O) groups excluding carboxylic acids is 2. The van der Waals surface area contributed by atoms with E-state index in [0.29, 0.717) is 30.3 Å². The van der Waals surface area contributed by atoms with Crippen molar-refractivity contribution < 1.29 is 37.0 Å². The normalized spacial score (nSPS) is 18.5. The molecular formula is C25H31NO8S. The van der Waals surface area contributed by atoms with Gasteiger partial charge in [-0.15, -0.1) is 0 Å². The summed E-state index contributed by atoms with van der Waals surface area (Å²) in [5, 5.41) is 0. The second-order valence-electron chi connectivity index (χ2n) is 8.71. The first-order chi connectivity index (χ1) is 16.6. The molecule has 3 rings (SSSR count). The van der Waals surface area contributed by atoms with Crippen LogP contribution in [0.1, 0.15) is 41.0 Å². The topological polar surface area (TPSA) is 108 Å². The molecule has 0 spiro atoms.